The Morgan fingerprint density at radius 3 is 2.26 bits per heavy atom. The first-order chi connectivity index (χ1) is 14.8. The Morgan fingerprint density at radius 2 is 1.55 bits per heavy atom. The first-order valence-corrected chi connectivity index (χ1v) is 11.8. The Labute approximate surface area is 183 Å². The number of nitrogens with one attached hydrogen (secondary N) is 1. The van der Waals surface area contributed by atoms with E-state index < -0.39 is 10.0 Å². The van der Waals surface area contributed by atoms with Gasteiger partial charge in [-0.15, -0.1) is 0 Å². The quantitative estimate of drug-likeness (QED) is 0.623. The maximum atomic E-state index is 13.4. The zero-order chi connectivity index (χ0) is 22.2. The standard InChI is InChI=1S/C25H26N2O3S/c1-17(2)20-13-14-23-22(15-20)21-11-7-8-12-24(21)31(29,30)27(23)16-25(28)26-18(3)19-9-5-4-6-10-19/h4-15,17-18H,16H2,1-3H3,(H,26,28)/t18-/m1/s1. The summed E-state index contributed by atoms with van der Waals surface area (Å²) in [5.41, 5.74) is 4.13. The van der Waals surface area contributed by atoms with Gasteiger partial charge < -0.3 is 5.32 Å². The second-order valence-corrected chi connectivity index (χ2v) is 9.97. The molecule has 1 aliphatic heterocycles. The fourth-order valence-corrected chi connectivity index (χ4v) is 5.57. The van der Waals surface area contributed by atoms with Crippen molar-refractivity contribution >= 4 is 21.6 Å². The maximum absolute atomic E-state index is 13.4. The molecule has 6 heteroatoms. The third kappa shape index (κ3) is 3.95. The summed E-state index contributed by atoms with van der Waals surface area (Å²) in [4.78, 5) is 13.1. The van der Waals surface area contributed by atoms with Gasteiger partial charge in [-0.1, -0.05) is 68.4 Å². The van der Waals surface area contributed by atoms with E-state index in [4.69, 9.17) is 0 Å². The second-order valence-electron chi connectivity index (χ2n) is 8.14. The third-order valence-corrected chi connectivity index (χ3v) is 7.48. The molecule has 1 amide bonds. The van der Waals surface area contributed by atoms with Crippen LogP contribution in [0.1, 0.15) is 43.9 Å². The van der Waals surface area contributed by atoms with Crippen LogP contribution < -0.4 is 9.62 Å². The molecule has 0 aromatic heterocycles. The molecule has 0 aliphatic carbocycles. The van der Waals surface area contributed by atoms with Gasteiger partial charge in [0.05, 0.1) is 16.6 Å². The molecule has 1 atom stereocenters. The molecule has 1 N–H and O–H groups in total. The van der Waals surface area contributed by atoms with Crippen molar-refractivity contribution in [1.82, 2.24) is 5.32 Å². The highest BCUT2D eigenvalue weighted by Gasteiger charge is 2.36. The summed E-state index contributed by atoms with van der Waals surface area (Å²) < 4.78 is 28.1. The summed E-state index contributed by atoms with van der Waals surface area (Å²) in [6.45, 7) is 5.81. The first-order valence-electron chi connectivity index (χ1n) is 10.4. The molecule has 160 valence electrons. The summed E-state index contributed by atoms with van der Waals surface area (Å²) in [7, 11) is -3.85. The number of hydrogen-bond donors (Lipinski definition) is 1. The summed E-state index contributed by atoms with van der Waals surface area (Å²) in [5.74, 6) is -0.0438. The van der Waals surface area contributed by atoms with E-state index in [1.807, 2.05) is 67.6 Å². The van der Waals surface area contributed by atoms with E-state index >= 15 is 0 Å². The van der Waals surface area contributed by atoms with Crippen LogP contribution in [0.15, 0.2) is 77.7 Å². The molecule has 0 fully saturated rings. The predicted octanol–water partition coefficient (Wildman–Crippen LogP) is 4.86. The Morgan fingerprint density at radius 1 is 0.871 bits per heavy atom. The highest BCUT2D eigenvalue weighted by molar-refractivity contribution is 7.93. The first kappa shape index (κ1) is 21.1. The van der Waals surface area contributed by atoms with Crippen LogP contribution in [0.4, 0.5) is 5.69 Å². The molecule has 5 nitrogen and oxygen atoms in total. The van der Waals surface area contributed by atoms with Crippen LogP contribution in [0.2, 0.25) is 0 Å². The number of amides is 1. The fraction of sp³-hybridized carbons (Fsp3) is 0.240. The molecule has 0 saturated heterocycles. The lowest BCUT2D eigenvalue weighted by molar-refractivity contribution is -0.120. The van der Waals surface area contributed by atoms with Crippen molar-refractivity contribution in [3.05, 3.63) is 83.9 Å². The number of hydrogen-bond acceptors (Lipinski definition) is 3. The molecule has 0 radical (unpaired) electrons. The lowest BCUT2D eigenvalue weighted by atomic mass is 9.95. The van der Waals surface area contributed by atoms with Crippen molar-refractivity contribution in [1.29, 1.82) is 0 Å². The van der Waals surface area contributed by atoms with Crippen LogP contribution in [0, 0.1) is 0 Å². The topological polar surface area (TPSA) is 66.5 Å². The molecular formula is C25H26N2O3S. The largest absolute Gasteiger partial charge is 0.348 e. The molecule has 0 bridgehead atoms. The molecular weight excluding hydrogens is 408 g/mol. The summed E-state index contributed by atoms with van der Waals surface area (Å²) in [5, 5.41) is 2.92. The van der Waals surface area contributed by atoms with Crippen LogP contribution in [0.5, 0.6) is 0 Å². The van der Waals surface area contributed by atoms with Gasteiger partial charge in [0.25, 0.3) is 10.0 Å². The van der Waals surface area contributed by atoms with Gasteiger partial charge in [-0.25, -0.2) is 8.42 Å². The van der Waals surface area contributed by atoms with E-state index in [1.165, 1.54) is 4.31 Å². The van der Waals surface area contributed by atoms with Crippen molar-refractivity contribution in [2.24, 2.45) is 0 Å². The molecule has 0 saturated carbocycles. The van der Waals surface area contributed by atoms with E-state index in [-0.39, 0.29) is 23.4 Å². The minimum atomic E-state index is -3.85. The van der Waals surface area contributed by atoms with Crippen LogP contribution in [0.25, 0.3) is 11.1 Å². The molecule has 31 heavy (non-hydrogen) atoms. The molecule has 0 spiro atoms. The van der Waals surface area contributed by atoms with Crippen LogP contribution >= 0.6 is 0 Å². The highest BCUT2D eigenvalue weighted by Crippen LogP contribution is 2.43. The smallest absolute Gasteiger partial charge is 0.265 e. The van der Waals surface area contributed by atoms with Crippen molar-refractivity contribution < 1.29 is 13.2 Å². The van der Waals surface area contributed by atoms with Gasteiger partial charge in [0.2, 0.25) is 5.91 Å². The van der Waals surface area contributed by atoms with E-state index in [1.54, 1.807) is 12.1 Å². The normalized spacial score (nSPS) is 15.2. The minimum Gasteiger partial charge on any atom is -0.348 e. The Bertz CT molecular complexity index is 1220. The number of anilines is 1. The monoisotopic (exact) mass is 434 g/mol. The molecule has 0 unspecified atom stereocenters. The van der Waals surface area contributed by atoms with Gasteiger partial charge in [0, 0.05) is 11.1 Å². The maximum Gasteiger partial charge on any atom is 0.265 e. The molecule has 4 rings (SSSR count). The number of carbonyl (C=O) groups excluding carboxylic acids is 1. The predicted molar refractivity (Wildman–Crippen MR) is 123 cm³/mol. The molecule has 1 aliphatic rings. The average Bonchev–Trinajstić information content (AvgIpc) is 2.77. The SMILES string of the molecule is CC(C)c1ccc2c(c1)-c1ccccc1S(=O)(=O)N2CC(=O)N[C@H](C)c1ccccc1. The second kappa shape index (κ2) is 8.19. The number of fused-ring (bicyclic) bond motifs is 3. The van der Waals surface area contributed by atoms with E-state index in [0.29, 0.717) is 17.2 Å². The van der Waals surface area contributed by atoms with Gasteiger partial charge in [0.15, 0.2) is 0 Å². The van der Waals surface area contributed by atoms with Gasteiger partial charge in [-0.2, -0.15) is 0 Å². The molecule has 1 heterocycles. The van der Waals surface area contributed by atoms with Crippen molar-refractivity contribution in [2.75, 3.05) is 10.8 Å². The minimum absolute atomic E-state index is 0.226. The fourth-order valence-electron chi connectivity index (χ4n) is 3.92. The van der Waals surface area contributed by atoms with Crippen LogP contribution in [0.3, 0.4) is 0 Å². The lowest BCUT2D eigenvalue weighted by Gasteiger charge is -2.32. The van der Waals surface area contributed by atoms with Gasteiger partial charge in [-0.05, 0) is 42.2 Å². The van der Waals surface area contributed by atoms with Crippen molar-refractivity contribution in [2.45, 2.75) is 37.6 Å². The van der Waals surface area contributed by atoms with E-state index in [9.17, 15) is 13.2 Å². The lowest BCUT2D eigenvalue weighted by Crippen LogP contribution is -2.43. The van der Waals surface area contributed by atoms with Gasteiger partial charge >= 0.3 is 0 Å². The van der Waals surface area contributed by atoms with Crippen molar-refractivity contribution in [3.63, 3.8) is 0 Å². The molecule has 3 aromatic rings. The number of benzene rings is 3. The number of rotatable bonds is 5. The van der Waals surface area contributed by atoms with Crippen molar-refractivity contribution in [3.8, 4) is 11.1 Å². The van der Waals surface area contributed by atoms with Gasteiger partial charge in [-0.3, -0.25) is 9.10 Å². The Kier molecular flexibility index (Phi) is 5.58. The van der Waals surface area contributed by atoms with Crippen LogP contribution in [-0.2, 0) is 14.8 Å². The third-order valence-electron chi connectivity index (χ3n) is 5.67. The summed E-state index contributed by atoms with van der Waals surface area (Å²) in [6.07, 6.45) is 0. The summed E-state index contributed by atoms with van der Waals surface area (Å²) in [6, 6.07) is 22.1. The number of sulfonamides is 1. The summed E-state index contributed by atoms with van der Waals surface area (Å²) >= 11 is 0. The van der Waals surface area contributed by atoms with E-state index in [2.05, 4.69) is 19.2 Å². The zero-order valence-electron chi connectivity index (χ0n) is 17.9. The van der Waals surface area contributed by atoms with E-state index in [0.717, 1.165) is 16.7 Å². The Balaban J connectivity index is 1.70. The molecule has 3 aromatic carbocycles. The van der Waals surface area contributed by atoms with Crippen LogP contribution in [-0.4, -0.2) is 20.9 Å². The zero-order valence-corrected chi connectivity index (χ0v) is 18.7. The number of carbonyl (C=O) groups is 1. The average molecular weight is 435 g/mol. The Hall–Kier alpha value is -3.12. The highest BCUT2D eigenvalue weighted by atomic mass is 32.2. The van der Waals surface area contributed by atoms with Gasteiger partial charge in [0.1, 0.15) is 6.54 Å². The number of nitrogens with zero attached hydrogens (tertiary/aromatic N) is 1.